The second kappa shape index (κ2) is 12.0. The zero-order chi connectivity index (χ0) is 28.9. The van der Waals surface area contributed by atoms with Gasteiger partial charge in [-0.25, -0.2) is 9.59 Å². The summed E-state index contributed by atoms with van der Waals surface area (Å²) in [6, 6.07) is 20.2. The van der Waals surface area contributed by atoms with Gasteiger partial charge in [0.25, 0.3) is 15.8 Å². The highest BCUT2D eigenvalue weighted by molar-refractivity contribution is 7.86. The van der Waals surface area contributed by atoms with E-state index in [-0.39, 0.29) is 35.9 Å². The third-order valence-corrected chi connectivity index (χ3v) is 9.02. The van der Waals surface area contributed by atoms with Crippen molar-refractivity contribution in [1.82, 2.24) is 4.90 Å². The fraction of sp³-hybridized carbons (Fsp3) is 0.231. The minimum absolute atomic E-state index is 0.139. The first-order valence-corrected chi connectivity index (χ1v) is 15.4. The number of hydrogen-bond acceptors (Lipinski definition) is 10. The Morgan fingerprint density at radius 2 is 1.52 bits per heavy atom. The summed E-state index contributed by atoms with van der Waals surface area (Å²) < 4.78 is 53.7. The largest absolute Gasteiger partial charge is 0.445 e. The number of hydrogen-bond donors (Lipinski definition) is 0. The molecule has 0 bridgehead atoms. The molecule has 1 aliphatic rings. The van der Waals surface area contributed by atoms with E-state index in [0.29, 0.717) is 5.56 Å². The molecule has 2 unspecified atom stereocenters. The minimum Gasteiger partial charge on any atom is -0.445 e. The number of likely N-dealkylation sites (tertiary alicyclic amines) is 1. The number of nitro groups is 1. The van der Waals surface area contributed by atoms with Gasteiger partial charge < -0.3 is 9.26 Å². The number of amides is 1. The Hall–Kier alpha value is -4.06. The molecule has 0 spiro atoms. The van der Waals surface area contributed by atoms with Gasteiger partial charge in [-0.3, -0.25) is 23.8 Å². The van der Waals surface area contributed by atoms with E-state index in [0.717, 1.165) is 11.2 Å². The first-order valence-electron chi connectivity index (χ1n) is 12.0. The van der Waals surface area contributed by atoms with Crippen LogP contribution >= 0.6 is 7.37 Å². The maximum absolute atomic E-state index is 14.2. The van der Waals surface area contributed by atoms with Crippen LogP contribution in [0.5, 0.6) is 0 Å². The predicted octanol–water partition coefficient (Wildman–Crippen LogP) is 3.12. The standard InChI is InChI=1S/C26H25N2O10PS/c1-40(34,35)38-21-16-24(27(17-21)26(30)36-18-19-12-14-20(15-13-19)28(31)32)25(29)37-39(33,22-8-4-2-5-9-22)23-10-6-3-7-11-23/h2-15,21,24H,16-18H2,1H3. The van der Waals surface area contributed by atoms with Crippen molar-refractivity contribution < 1.29 is 40.9 Å². The summed E-state index contributed by atoms with van der Waals surface area (Å²) >= 11 is 0. The molecule has 0 aliphatic carbocycles. The Kier molecular flexibility index (Phi) is 8.67. The number of non-ortho nitro benzene ring substituents is 1. The fourth-order valence-electron chi connectivity index (χ4n) is 4.17. The molecule has 1 saturated heterocycles. The normalized spacial score (nSPS) is 17.3. The lowest BCUT2D eigenvalue weighted by Gasteiger charge is -2.25. The second-order valence-corrected chi connectivity index (χ2v) is 12.9. The molecule has 12 nitrogen and oxygen atoms in total. The van der Waals surface area contributed by atoms with E-state index in [1.165, 1.54) is 24.3 Å². The highest BCUT2D eigenvalue weighted by Gasteiger charge is 2.46. The molecule has 0 N–H and O–H groups in total. The van der Waals surface area contributed by atoms with Crippen molar-refractivity contribution in [3.05, 3.63) is 101 Å². The van der Waals surface area contributed by atoms with E-state index in [9.17, 15) is 32.7 Å². The van der Waals surface area contributed by atoms with E-state index in [1.807, 2.05) is 0 Å². The smallest absolute Gasteiger partial charge is 0.410 e. The van der Waals surface area contributed by atoms with E-state index < -0.39 is 46.6 Å². The van der Waals surface area contributed by atoms with Crippen LogP contribution in [0, 0.1) is 10.1 Å². The van der Waals surface area contributed by atoms with E-state index in [2.05, 4.69) is 0 Å². The number of benzene rings is 3. The van der Waals surface area contributed by atoms with Crippen molar-refractivity contribution in [2.24, 2.45) is 0 Å². The average molecular weight is 589 g/mol. The van der Waals surface area contributed by atoms with Crippen molar-refractivity contribution >= 4 is 45.8 Å². The number of rotatable bonds is 9. The van der Waals surface area contributed by atoms with Gasteiger partial charge in [-0.1, -0.05) is 36.4 Å². The first kappa shape index (κ1) is 28.9. The molecule has 40 heavy (non-hydrogen) atoms. The lowest BCUT2D eigenvalue weighted by atomic mass is 10.2. The number of nitrogens with zero attached hydrogens (tertiary/aromatic N) is 2. The van der Waals surface area contributed by atoms with Gasteiger partial charge in [0.1, 0.15) is 12.6 Å². The summed E-state index contributed by atoms with van der Waals surface area (Å²) in [7, 11) is -7.90. The predicted molar refractivity (Wildman–Crippen MR) is 144 cm³/mol. The Bertz CT molecular complexity index is 1490. The topological polar surface area (TPSA) is 159 Å². The molecule has 1 fully saturated rings. The molecule has 1 amide bonds. The van der Waals surface area contributed by atoms with E-state index >= 15 is 0 Å². The molecule has 0 radical (unpaired) electrons. The monoisotopic (exact) mass is 588 g/mol. The van der Waals surface area contributed by atoms with Crippen LogP contribution in [0.4, 0.5) is 10.5 Å². The number of ether oxygens (including phenoxy) is 1. The van der Waals surface area contributed by atoms with Crippen LogP contribution in [0.25, 0.3) is 0 Å². The van der Waals surface area contributed by atoms with Gasteiger partial charge in [-0.15, -0.1) is 0 Å². The van der Waals surface area contributed by atoms with Gasteiger partial charge in [0.2, 0.25) is 0 Å². The molecular formula is C26H25N2O10PS. The van der Waals surface area contributed by atoms with Crippen molar-refractivity contribution in [2.45, 2.75) is 25.2 Å². The fourth-order valence-corrected chi connectivity index (χ4v) is 6.82. The number of carbonyl (C=O) groups is 2. The molecule has 210 valence electrons. The van der Waals surface area contributed by atoms with Gasteiger partial charge >= 0.3 is 19.4 Å². The molecule has 3 aromatic carbocycles. The van der Waals surface area contributed by atoms with Crippen molar-refractivity contribution in [3.8, 4) is 0 Å². The molecule has 0 aromatic heterocycles. The zero-order valence-corrected chi connectivity index (χ0v) is 22.9. The second-order valence-electron chi connectivity index (χ2n) is 8.94. The molecule has 2 atom stereocenters. The van der Waals surface area contributed by atoms with Gasteiger partial charge in [0, 0.05) is 18.6 Å². The number of carbonyl (C=O) groups excluding carboxylic acids is 2. The van der Waals surface area contributed by atoms with E-state index in [4.69, 9.17) is 13.4 Å². The summed E-state index contributed by atoms with van der Waals surface area (Å²) in [6.07, 6.45) is -1.46. The SMILES string of the molecule is CS(=O)(=O)OC1CC(C(=O)OP(=O)(c2ccccc2)c2ccccc2)N(C(=O)OCc2ccc([N+](=O)[O-])cc2)C1. The summed E-state index contributed by atoms with van der Waals surface area (Å²) in [5.74, 6) is -1.03. The summed E-state index contributed by atoms with van der Waals surface area (Å²) in [4.78, 5) is 37.8. The van der Waals surface area contributed by atoms with Crippen molar-refractivity contribution in [3.63, 3.8) is 0 Å². The summed E-state index contributed by atoms with van der Waals surface area (Å²) in [6.45, 7) is -0.591. The molecule has 14 heteroatoms. The van der Waals surface area contributed by atoms with Crippen LogP contribution in [0.2, 0.25) is 0 Å². The Morgan fingerprint density at radius 1 is 0.975 bits per heavy atom. The quantitative estimate of drug-likeness (QED) is 0.157. The molecule has 1 aliphatic heterocycles. The minimum atomic E-state index is -3.97. The Labute approximate surface area is 230 Å². The van der Waals surface area contributed by atoms with Crippen molar-refractivity contribution in [1.29, 1.82) is 0 Å². The number of nitro benzene ring substituents is 1. The van der Waals surface area contributed by atoms with Gasteiger partial charge in [-0.2, -0.15) is 8.42 Å². The van der Waals surface area contributed by atoms with Gasteiger partial charge in [0.15, 0.2) is 0 Å². The van der Waals surface area contributed by atoms with Crippen LogP contribution in [-0.4, -0.2) is 55.2 Å². The highest BCUT2D eigenvalue weighted by Crippen LogP contribution is 2.45. The van der Waals surface area contributed by atoms with Crippen LogP contribution in [0.3, 0.4) is 0 Å². The molecule has 1 heterocycles. The first-order chi connectivity index (χ1) is 19.0. The molecular weight excluding hydrogens is 563 g/mol. The average Bonchev–Trinajstić information content (AvgIpc) is 3.35. The third-order valence-electron chi connectivity index (χ3n) is 6.00. The van der Waals surface area contributed by atoms with Crippen molar-refractivity contribution in [2.75, 3.05) is 12.8 Å². The van der Waals surface area contributed by atoms with Gasteiger partial charge in [-0.05, 0) is 42.0 Å². The van der Waals surface area contributed by atoms with E-state index in [1.54, 1.807) is 60.7 Å². The van der Waals surface area contributed by atoms with Gasteiger partial charge in [0.05, 0.1) is 34.4 Å². The third kappa shape index (κ3) is 6.92. The maximum atomic E-state index is 14.2. The maximum Gasteiger partial charge on any atom is 0.410 e. The molecule has 4 rings (SSSR count). The zero-order valence-electron chi connectivity index (χ0n) is 21.2. The summed E-state index contributed by atoms with van der Waals surface area (Å²) in [5, 5.41) is 11.4. The molecule has 0 saturated carbocycles. The Morgan fingerprint density at radius 3 is 2.02 bits per heavy atom. The van der Waals surface area contributed by atoms with Crippen LogP contribution < -0.4 is 10.6 Å². The summed E-state index contributed by atoms with van der Waals surface area (Å²) in [5.41, 5.74) is 0.304. The van der Waals surface area contributed by atoms with Crippen LogP contribution in [-0.2, 0) is 39.5 Å². The molecule has 3 aromatic rings. The Balaban J connectivity index is 1.57. The highest BCUT2D eigenvalue weighted by atomic mass is 32.2. The van der Waals surface area contributed by atoms with Crippen LogP contribution in [0.15, 0.2) is 84.9 Å². The lowest BCUT2D eigenvalue weighted by molar-refractivity contribution is -0.384. The lowest BCUT2D eigenvalue weighted by Crippen LogP contribution is -2.42. The van der Waals surface area contributed by atoms with Crippen LogP contribution in [0.1, 0.15) is 12.0 Å².